The summed E-state index contributed by atoms with van der Waals surface area (Å²) < 4.78 is 28.0. The standard InChI is InChI=1S/C36H40N2O3S/c39-42(40)36-18-17-32(31-11-4-5-12-33(31)36)34-25-37-20-19-27-22-29(24-38-35(34)23-27)28-13-15-30(16-14-28)41-21-7-6-10-26-8-2-1-3-9-26/h4-5,11-18,22,24-27H,1-3,6-10,19-21,23H2,(H,39,40)/p+1/b35-34-,37-25?. The van der Waals surface area contributed by atoms with Gasteiger partial charge in [0.15, 0.2) is 4.90 Å². The SMILES string of the molecule is O=[SH+](O)c1ccc(/C2=C3/CC(C=C(c4ccc(OCCCCC5CCCCC5)cc4)C=N3)CCN=C2)c2ccccc12. The Morgan fingerprint density at radius 2 is 1.69 bits per heavy atom. The molecule has 2 atom stereocenters. The second kappa shape index (κ2) is 13.7. The highest BCUT2D eigenvalue weighted by Crippen LogP contribution is 2.36. The van der Waals surface area contributed by atoms with Crippen molar-refractivity contribution in [2.45, 2.75) is 69.1 Å². The van der Waals surface area contributed by atoms with Crippen molar-refractivity contribution in [3.8, 4) is 5.75 Å². The van der Waals surface area contributed by atoms with Gasteiger partial charge in [-0.3, -0.25) is 9.98 Å². The highest BCUT2D eigenvalue weighted by molar-refractivity contribution is 7.79. The zero-order valence-corrected chi connectivity index (χ0v) is 25.1. The van der Waals surface area contributed by atoms with Gasteiger partial charge in [-0.2, -0.15) is 4.55 Å². The predicted molar refractivity (Wildman–Crippen MR) is 176 cm³/mol. The van der Waals surface area contributed by atoms with Gasteiger partial charge >= 0.3 is 0 Å². The van der Waals surface area contributed by atoms with E-state index < -0.39 is 11.1 Å². The van der Waals surface area contributed by atoms with Crippen LogP contribution < -0.4 is 4.74 Å². The molecule has 3 aromatic rings. The fourth-order valence-corrected chi connectivity index (χ4v) is 7.27. The Labute approximate surface area is 251 Å². The fraction of sp³-hybridized carbons (Fsp3) is 0.389. The molecule has 218 valence electrons. The smallest absolute Gasteiger partial charge is 0.235 e. The van der Waals surface area contributed by atoms with Crippen LogP contribution in [0.4, 0.5) is 0 Å². The van der Waals surface area contributed by atoms with Crippen molar-refractivity contribution >= 4 is 45.4 Å². The molecule has 3 aromatic carbocycles. The molecule has 1 N–H and O–H groups in total. The summed E-state index contributed by atoms with van der Waals surface area (Å²) in [6, 6.07) is 19.9. The van der Waals surface area contributed by atoms with E-state index in [0.717, 1.165) is 82.8 Å². The van der Waals surface area contributed by atoms with Gasteiger partial charge in [-0.1, -0.05) is 79.1 Å². The lowest BCUT2D eigenvalue weighted by Crippen LogP contribution is -2.07. The molecule has 0 spiro atoms. The lowest BCUT2D eigenvalue weighted by Gasteiger charge is -2.21. The molecule has 6 heteroatoms. The van der Waals surface area contributed by atoms with Gasteiger partial charge in [0.1, 0.15) is 5.75 Å². The third-order valence-corrected chi connectivity index (χ3v) is 9.78. The molecule has 2 aliphatic heterocycles. The summed E-state index contributed by atoms with van der Waals surface area (Å²) in [5.74, 6) is 2.19. The van der Waals surface area contributed by atoms with E-state index in [1.54, 1.807) is 6.07 Å². The molecular weight excluding hydrogens is 540 g/mol. The lowest BCUT2D eigenvalue weighted by molar-refractivity contribution is 0.283. The number of thiol groups is 1. The van der Waals surface area contributed by atoms with Crippen molar-refractivity contribution in [2.75, 3.05) is 13.2 Å². The largest absolute Gasteiger partial charge is 0.494 e. The zero-order valence-electron chi connectivity index (χ0n) is 24.3. The molecular formula is C36H41N2O3S+. The van der Waals surface area contributed by atoms with E-state index in [1.807, 2.05) is 42.8 Å². The quantitative estimate of drug-likeness (QED) is 0.156. The lowest BCUT2D eigenvalue weighted by atomic mass is 9.86. The highest BCUT2D eigenvalue weighted by atomic mass is 32.2. The van der Waals surface area contributed by atoms with E-state index >= 15 is 0 Å². The number of unbranched alkanes of at least 4 members (excludes halogenated alkanes) is 1. The van der Waals surface area contributed by atoms with Gasteiger partial charge < -0.3 is 4.74 Å². The van der Waals surface area contributed by atoms with E-state index in [9.17, 15) is 8.76 Å². The Bertz CT molecular complexity index is 1550. The summed E-state index contributed by atoms with van der Waals surface area (Å²) in [6.45, 7) is 1.52. The minimum atomic E-state index is -2.44. The third kappa shape index (κ3) is 6.82. The average molecular weight is 582 g/mol. The molecule has 5 nitrogen and oxygen atoms in total. The van der Waals surface area contributed by atoms with E-state index in [2.05, 4.69) is 30.3 Å². The number of hydrogen-bond donors (Lipinski definition) is 1. The first-order chi connectivity index (χ1) is 20.7. The normalized spacial score (nSPS) is 21.8. The van der Waals surface area contributed by atoms with Gasteiger partial charge in [0.2, 0.25) is 11.1 Å². The van der Waals surface area contributed by atoms with Gasteiger partial charge in [-0.05, 0) is 89.9 Å². The summed E-state index contributed by atoms with van der Waals surface area (Å²) in [6.07, 6.45) is 18.9. The predicted octanol–water partition coefficient (Wildman–Crippen LogP) is 8.86. The van der Waals surface area contributed by atoms with E-state index in [1.165, 1.54) is 44.9 Å². The number of hydrogen-bond acceptors (Lipinski definition) is 4. The Balaban J connectivity index is 1.18. The maximum atomic E-state index is 12.0. The van der Waals surface area contributed by atoms with Crippen LogP contribution in [-0.2, 0) is 15.3 Å². The molecule has 2 bridgehead atoms. The van der Waals surface area contributed by atoms with Gasteiger partial charge in [-0.25, -0.2) is 0 Å². The number of allylic oxidation sites excluding steroid dienone is 4. The second-order valence-corrected chi connectivity index (χ2v) is 12.9. The number of nitrogens with zero attached hydrogens (tertiary/aromatic N) is 2. The van der Waals surface area contributed by atoms with Crippen LogP contribution in [0.2, 0.25) is 0 Å². The summed E-state index contributed by atoms with van der Waals surface area (Å²) in [5, 5.41) is 1.73. The van der Waals surface area contributed by atoms with Crippen molar-refractivity contribution in [1.29, 1.82) is 0 Å². The summed E-state index contributed by atoms with van der Waals surface area (Å²) in [5.41, 5.74) is 5.22. The summed E-state index contributed by atoms with van der Waals surface area (Å²) in [7, 11) is 0. The van der Waals surface area contributed by atoms with Crippen LogP contribution in [0.5, 0.6) is 5.75 Å². The zero-order chi connectivity index (χ0) is 28.7. The van der Waals surface area contributed by atoms with Crippen molar-refractivity contribution in [2.24, 2.45) is 21.8 Å². The maximum absolute atomic E-state index is 12.0. The van der Waals surface area contributed by atoms with Crippen molar-refractivity contribution in [3.63, 3.8) is 0 Å². The minimum absolute atomic E-state index is 0.322. The number of benzene rings is 3. The topological polar surface area (TPSA) is 71.2 Å². The first-order valence-corrected chi connectivity index (χ1v) is 16.8. The molecule has 1 saturated carbocycles. The second-order valence-electron chi connectivity index (χ2n) is 11.9. The molecule has 3 aliphatic rings. The van der Waals surface area contributed by atoms with Crippen molar-refractivity contribution < 1.29 is 13.5 Å². The fourth-order valence-electron chi connectivity index (χ4n) is 6.67. The molecule has 6 rings (SSSR count). The monoisotopic (exact) mass is 581 g/mol. The molecule has 1 aliphatic carbocycles. The molecule has 0 aromatic heterocycles. The summed E-state index contributed by atoms with van der Waals surface area (Å²) in [4.78, 5) is 10.2. The number of aliphatic imine (C=N–C) groups is 2. The molecule has 0 saturated heterocycles. The number of fused-ring (bicyclic) bond motifs is 3. The van der Waals surface area contributed by atoms with Crippen LogP contribution in [0, 0.1) is 11.8 Å². The average Bonchev–Trinajstić information content (AvgIpc) is 3.25. The van der Waals surface area contributed by atoms with Crippen LogP contribution in [0.25, 0.3) is 21.9 Å². The van der Waals surface area contributed by atoms with Crippen LogP contribution in [0.1, 0.15) is 75.3 Å². The minimum Gasteiger partial charge on any atom is -0.494 e. The van der Waals surface area contributed by atoms with Gasteiger partial charge in [0, 0.05) is 29.9 Å². The first-order valence-electron chi connectivity index (χ1n) is 15.6. The van der Waals surface area contributed by atoms with Crippen LogP contribution in [0.3, 0.4) is 0 Å². The molecule has 0 amide bonds. The molecule has 42 heavy (non-hydrogen) atoms. The van der Waals surface area contributed by atoms with Crippen LogP contribution in [0.15, 0.2) is 87.3 Å². The van der Waals surface area contributed by atoms with Crippen molar-refractivity contribution in [3.05, 3.63) is 83.6 Å². The maximum Gasteiger partial charge on any atom is 0.235 e. The van der Waals surface area contributed by atoms with Crippen LogP contribution in [-0.4, -0.2) is 30.1 Å². The van der Waals surface area contributed by atoms with E-state index in [4.69, 9.17) is 14.7 Å². The third-order valence-electron chi connectivity index (χ3n) is 8.98. The molecule has 2 unspecified atom stereocenters. The van der Waals surface area contributed by atoms with Gasteiger partial charge in [0.25, 0.3) is 0 Å². The molecule has 2 heterocycles. The van der Waals surface area contributed by atoms with Gasteiger partial charge in [0.05, 0.1) is 12.3 Å². The Kier molecular flexibility index (Phi) is 9.41. The first kappa shape index (κ1) is 28.8. The molecule has 0 radical (unpaired) electrons. The van der Waals surface area contributed by atoms with Gasteiger partial charge in [-0.15, -0.1) is 0 Å². The van der Waals surface area contributed by atoms with Crippen molar-refractivity contribution in [1.82, 2.24) is 0 Å². The van der Waals surface area contributed by atoms with Crippen LogP contribution >= 0.6 is 0 Å². The Hall–Kier alpha value is -3.35. The molecule has 1 fully saturated rings. The number of rotatable bonds is 9. The summed E-state index contributed by atoms with van der Waals surface area (Å²) >= 11 is -2.44. The van der Waals surface area contributed by atoms with E-state index in [0.29, 0.717) is 10.8 Å². The van der Waals surface area contributed by atoms with E-state index in [-0.39, 0.29) is 0 Å². The number of ether oxygens (including phenoxy) is 1. The highest BCUT2D eigenvalue weighted by Gasteiger charge is 2.22. The Morgan fingerprint density at radius 1 is 0.881 bits per heavy atom. The Morgan fingerprint density at radius 3 is 2.50 bits per heavy atom.